The van der Waals surface area contributed by atoms with Crippen LogP contribution in [0.4, 0.5) is 5.69 Å². The summed E-state index contributed by atoms with van der Waals surface area (Å²) in [6, 6.07) is 6.16. The predicted molar refractivity (Wildman–Crippen MR) is 90.3 cm³/mol. The molecule has 0 bridgehead atoms. The highest BCUT2D eigenvalue weighted by molar-refractivity contribution is 7.80. The molecule has 0 spiro atoms. The molecule has 0 unspecified atom stereocenters. The number of rotatable bonds is 4. The van der Waals surface area contributed by atoms with Crippen LogP contribution in [0.1, 0.15) is 32.6 Å². The van der Waals surface area contributed by atoms with Crippen molar-refractivity contribution >= 4 is 23.0 Å². The van der Waals surface area contributed by atoms with Crippen molar-refractivity contribution < 1.29 is 9.47 Å². The fraction of sp³-hybridized carbons (Fsp3) is 0.562. The first-order chi connectivity index (χ1) is 10.1. The standard InChI is InChI=1S/C16H24N2O2S/c1-11-6-4-5-7-13(11)18-16(21)17-12-8-9-14(19-2)15(10-12)20-3/h8-11,13H,4-7H2,1-3H3,(H2,17,18,21)/t11-,13+/m0/s1. The van der Waals surface area contributed by atoms with E-state index in [2.05, 4.69) is 17.6 Å². The summed E-state index contributed by atoms with van der Waals surface area (Å²) >= 11 is 5.42. The zero-order chi connectivity index (χ0) is 15.2. The number of methoxy groups -OCH3 is 2. The van der Waals surface area contributed by atoms with E-state index in [1.54, 1.807) is 14.2 Å². The molecule has 2 N–H and O–H groups in total. The summed E-state index contributed by atoms with van der Waals surface area (Å²) in [4.78, 5) is 0. The van der Waals surface area contributed by atoms with Crippen molar-refractivity contribution in [2.24, 2.45) is 5.92 Å². The van der Waals surface area contributed by atoms with Crippen molar-refractivity contribution in [1.82, 2.24) is 5.32 Å². The second kappa shape index (κ2) is 7.50. The van der Waals surface area contributed by atoms with Gasteiger partial charge in [0.15, 0.2) is 16.6 Å². The summed E-state index contributed by atoms with van der Waals surface area (Å²) in [7, 11) is 3.25. The first kappa shape index (κ1) is 15.9. The molecule has 21 heavy (non-hydrogen) atoms. The largest absolute Gasteiger partial charge is 0.493 e. The number of nitrogens with one attached hydrogen (secondary N) is 2. The van der Waals surface area contributed by atoms with Crippen LogP contribution in [-0.2, 0) is 0 Å². The topological polar surface area (TPSA) is 42.5 Å². The number of benzene rings is 1. The van der Waals surface area contributed by atoms with Crippen LogP contribution in [-0.4, -0.2) is 25.4 Å². The van der Waals surface area contributed by atoms with Crippen LogP contribution in [0.15, 0.2) is 18.2 Å². The van der Waals surface area contributed by atoms with Gasteiger partial charge in [-0.1, -0.05) is 19.8 Å². The van der Waals surface area contributed by atoms with Crippen LogP contribution < -0.4 is 20.1 Å². The molecule has 4 nitrogen and oxygen atoms in total. The molecule has 2 rings (SSSR count). The van der Waals surface area contributed by atoms with Crippen LogP contribution in [0.25, 0.3) is 0 Å². The van der Waals surface area contributed by atoms with Gasteiger partial charge in [0.05, 0.1) is 14.2 Å². The van der Waals surface area contributed by atoms with Crippen molar-refractivity contribution in [3.8, 4) is 11.5 Å². The maximum Gasteiger partial charge on any atom is 0.171 e. The number of ether oxygens (including phenoxy) is 2. The third-order valence-electron chi connectivity index (χ3n) is 4.07. The lowest BCUT2D eigenvalue weighted by atomic mass is 9.86. The molecule has 0 aromatic heterocycles. The van der Waals surface area contributed by atoms with E-state index in [4.69, 9.17) is 21.7 Å². The van der Waals surface area contributed by atoms with Gasteiger partial charge in [0.1, 0.15) is 0 Å². The summed E-state index contributed by atoms with van der Waals surface area (Å²) in [6.45, 7) is 2.29. The lowest BCUT2D eigenvalue weighted by Gasteiger charge is -2.30. The highest BCUT2D eigenvalue weighted by Crippen LogP contribution is 2.30. The van der Waals surface area contributed by atoms with Gasteiger partial charge in [-0.15, -0.1) is 0 Å². The first-order valence-corrected chi connectivity index (χ1v) is 7.84. The fourth-order valence-electron chi connectivity index (χ4n) is 2.78. The SMILES string of the molecule is COc1ccc(NC(=S)N[C@@H]2CCCC[C@@H]2C)cc1OC. The third kappa shape index (κ3) is 4.24. The number of hydrogen-bond acceptors (Lipinski definition) is 3. The molecule has 1 aliphatic carbocycles. The zero-order valence-corrected chi connectivity index (χ0v) is 13.8. The van der Waals surface area contributed by atoms with E-state index in [-0.39, 0.29) is 0 Å². The Kier molecular flexibility index (Phi) is 5.67. The van der Waals surface area contributed by atoms with Crippen molar-refractivity contribution in [2.75, 3.05) is 19.5 Å². The lowest BCUT2D eigenvalue weighted by molar-refractivity contribution is 0.309. The molecule has 116 valence electrons. The van der Waals surface area contributed by atoms with Crippen LogP contribution in [0, 0.1) is 5.92 Å². The molecule has 1 aliphatic rings. The quantitative estimate of drug-likeness (QED) is 0.832. The highest BCUT2D eigenvalue weighted by atomic mass is 32.1. The monoisotopic (exact) mass is 308 g/mol. The maximum absolute atomic E-state index is 5.42. The molecule has 1 saturated carbocycles. The third-order valence-corrected chi connectivity index (χ3v) is 4.29. The minimum atomic E-state index is 0.471. The number of anilines is 1. The molecule has 5 heteroatoms. The van der Waals surface area contributed by atoms with Gasteiger partial charge < -0.3 is 20.1 Å². The van der Waals surface area contributed by atoms with Gasteiger partial charge in [0.2, 0.25) is 0 Å². The van der Waals surface area contributed by atoms with E-state index in [1.807, 2.05) is 18.2 Å². The Morgan fingerprint density at radius 1 is 1.14 bits per heavy atom. The fourth-order valence-corrected chi connectivity index (χ4v) is 3.05. The van der Waals surface area contributed by atoms with E-state index < -0.39 is 0 Å². The molecule has 1 aromatic rings. The summed E-state index contributed by atoms with van der Waals surface area (Å²) in [5, 5.41) is 7.32. The molecule has 0 heterocycles. The number of thiocarbonyl (C=S) groups is 1. The van der Waals surface area contributed by atoms with Crippen molar-refractivity contribution in [1.29, 1.82) is 0 Å². The summed E-state index contributed by atoms with van der Waals surface area (Å²) in [5.74, 6) is 2.07. The summed E-state index contributed by atoms with van der Waals surface area (Å²) < 4.78 is 10.5. The minimum Gasteiger partial charge on any atom is -0.493 e. The molecule has 1 aromatic carbocycles. The van der Waals surface area contributed by atoms with Crippen LogP contribution in [0.5, 0.6) is 11.5 Å². The Morgan fingerprint density at radius 2 is 1.86 bits per heavy atom. The average molecular weight is 308 g/mol. The van der Waals surface area contributed by atoms with Crippen molar-refractivity contribution in [3.63, 3.8) is 0 Å². The smallest absolute Gasteiger partial charge is 0.171 e. The summed E-state index contributed by atoms with van der Waals surface area (Å²) in [5.41, 5.74) is 0.897. The van der Waals surface area contributed by atoms with Crippen molar-refractivity contribution in [3.05, 3.63) is 18.2 Å². The Balaban J connectivity index is 1.96. The second-order valence-corrected chi connectivity index (χ2v) is 5.94. The molecule has 0 amide bonds. The average Bonchev–Trinajstić information content (AvgIpc) is 2.49. The van der Waals surface area contributed by atoms with E-state index in [9.17, 15) is 0 Å². The molecular formula is C16H24N2O2S. The normalized spacial score (nSPS) is 21.5. The highest BCUT2D eigenvalue weighted by Gasteiger charge is 2.21. The second-order valence-electron chi connectivity index (χ2n) is 5.54. The first-order valence-electron chi connectivity index (χ1n) is 7.43. The summed E-state index contributed by atoms with van der Waals surface area (Å²) in [6.07, 6.45) is 5.07. The Bertz CT molecular complexity index is 493. The van der Waals surface area contributed by atoms with Gasteiger partial charge in [0.25, 0.3) is 0 Å². The minimum absolute atomic E-state index is 0.471. The van der Waals surface area contributed by atoms with Gasteiger partial charge in [-0.3, -0.25) is 0 Å². The van der Waals surface area contributed by atoms with Gasteiger partial charge >= 0.3 is 0 Å². The molecule has 0 saturated heterocycles. The predicted octanol–water partition coefficient (Wildman–Crippen LogP) is 3.57. The van der Waals surface area contributed by atoms with E-state index >= 15 is 0 Å². The van der Waals surface area contributed by atoms with Crippen LogP contribution in [0.3, 0.4) is 0 Å². The van der Waals surface area contributed by atoms with Gasteiger partial charge in [0, 0.05) is 17.8 Å². The lowest BCUT2D eigenvalue weighted by Crippen LogP contribution is -2.43. The van der Waals surface area contributed by atoms with Crippen molar-refractivity contribution in [2.45, 2.75) is 38.6 Å². The Hall–Kier alpha value is -1.49. The van der Waals surface area contributed by atoms with E-state index in [1.165, 1.54) is 25.7 Å². The Morgan fingerprint density at radius 3 is 2.52 bits per heavy atom. The molecule has 0 radical (unpaired) electrons. The molecule has 0 aliphatic heterocycles. The molecule has 1 fully saturated rings. The van der Waals surface area contributed by atoms with E-state index in [0.717, 1.165) is 5.69 Å². The maximum atomic E-state index is 5.42. The Labute approximate surface area is 132 Å². The number of hydrogen-bond donors (Lipinski definition) is 2. The van der Waals surface area contributed by atoms with E-state index in [0.29, 0.717) is 28.6 Å². The van der Waals surface area contributed by atoms with Crippen LogP contribution >= 0.6 is 12.2 Å². The van der Waals surface area contributed by atoms with Gasteiger partial charge in [-0.25, -0.2) is 0 Å². The molecular weight excluding hydrogens is 284 g/mol. The molecule has 2 atom stereocenters. The zero-order valence-electron chi connectivity index (χ0n) is 12.9. The van der Waals surface area contributed by atoms with Gasteiger partial charge in [-0.2, -0.15) is 0 Å². The van der Waals surface area contributed by atoms with Crippen LogP contribution in [0.2, 0.25) is 0 Å². The van der Waals surface area contributed by atoms with Gasteiger partial charge in [-0.05, 0) is 43.1 Å².